The molecule has 6 heteroatoms. The lowest BCUT2D eigenvalue weighted by molar-refractivity contribution is 0.105. The summed E-state index contributed by atoms with van der Waals surface area (Å²) in [6, 6.07) is 11.4. The van der Waals surface area contributed by atoms with Crippen LogP contribution in [0.15, 0.2) is 40.9 Å². The van der Waals surface area contributed by atoms with Gasteiger partial charge < -0.3 is 14.8 Å². The Hall–Kier alpha value is -1.72. The van der Waals surface area contributed by atoms with Gasteiger partial charge in [0.2, 0.25) is 0 Å². The molecular formula is C18H19BrClNO3. The van der Waals surface area contributed by atoms with Crippen LogP contribution in [0, 0.1) is 6.92 Å². The lowest BCUT2D eigenvalue weighted by Gasteiger charge is -2.19. The first-order chi connectivity index (χ1) is 11.4. The van der Waals surface area contributed by atoms with E-state index in [1.165, 1.54) is 0 Å². The van der Waals surface area contributed by atoms with Crippen molar-refractivity contribution >= 4 is 33.6 Å². The van der Waals surface area contributed by atoms with Crippen LogP contribution in [0.3, 0.4) is 0 Å². The molecule has 0 aliphatic heterocycles. The minimum absolute atomic E-state index is 0.405. The molecule has 1 N–H and O–H groups in total. The predicted molar refractivity (Wildman–Crippen MR) is 98.6 cm³/mol. The maximum absolute atomic E-state index is 12.0. The van der Waals surface area contributed by atoms with Gasteiger partial charge in [0.15, 0.2) is 0 Å². The molecule has 0 aliphatic rings. The summed E-state index contributed by atoms with van der Waals surface area (Å²) in [6.07, 6.45) is -1.01. The second kappa shape index (κ2) is 8.40. The van der Waals surface area contributed by atoms with Crippen LogP contribution in [0.5, 0.6) is 5.75 Å². The van der Waals surface area contributed by atoms with E-state index in [9.17, 15) is 4.79 Å². The van der Waals surface area contributed by atoms with E-state index in [1.54, 1.807) is 20.1 Å². The Morgan fingerprint density at radius 3 is 2.62 bits per heavy atom. The van der Waals surface area contributed by atoms with Gasteiger partial charge in [-0.25, -0.2) is 4.79 Å². The Labute approximate surface area is 155 Å². The summed E-state index contributed by atoms with van der Waals surface area (Å²) >= 11 is 9.70. The van der Waals surface area contributed by atoms with E-state index in [1.807, 2.05) is 37.3 Å². The lowest BCUT2D eigenvalue weighted by atomic mass is 10.1. The third-order valence-corrected chi connectivity index (χ3v) is 4.98. The van der Waals surface area contributed by atoms with Gasteiger partial charge in [-0.05, 0) is 47.0 Å². The lowest BCUT2D eigenvalue weighted by Crippen LogP contribution is -2.25. The average Bonchev–Trinajstić information content (AvgIpc) is 2.58. The molecule has 2 rings (SSSR count). The van der Waals surface area contributed by atoms with Gasteiger partial charge in [0, 0.05) is 17.1 Å². The summed E-state index contributed by atoms with van der Waals surface area (Å²) in [4.78, 5) is 12.0. The number of ether oxygens (including phenoxy) is 2. The molecule has 0 heterocycles. The van der Waals surface area contributed by atoms with Crippen LogP contribution >= 0.6 is 27.5 Å². The number of amides is 1. The number of hydrogen-bond acceptors (Lipinski definition) is 3. The van der Waals surface area contributed by atoms with Crippen LogP contribution in [0.4, 0.5) is 4.79 Å². The zero-order chi connectivity index (χ0) is 17.7. The van der Waals surface area contributed by atoms with Crippen LogP contribution < -0.4 is 10.1 Å². The van der Waals surface area contributed by atoms with Crippen LogP contribution in [0.25, 0.3) is 0 Å². The molecule has 0 fully saturated rings. The number of methoxy groups -OCH3 is 1. The first kappa shape index (κ1) is 18.6. The molecule has 1 amide bonds. The van der Waals surface area contributed by atoms with Gasteiger partial charge in [0.05, 0.1) is 11.6 Å². The summed E-state index contributed by atoms with van der Waals surface area (Å²) in [5.74, 6) is 0.611. The second-order valence-electron chi connectivity index (χ2n) is 5.31. The Balaban J connectivity index is 2.06. The highest BCUT2D eigenvalue weighted by atomic mass is 79.9. The van der Waals surface area contributed by atoms with Gasteiger partial charge >= 0.3 is 6.09 Å². The van der Waals surface area contributed by atoms with Crippen molar-refractivity contribution in [1.82, 2.24) is 5.32 Å². The number of benzene rings is 2. The molecule has 0 aromatic heterocycles. The number of nitrogens with one attached hydrogen (secondary N) is 1. The zero-order valence-electron chi connectivity index (χ0n) is 13.7. The Morgan fingerprint density at radius 2 is 2.00 bits per heavy atom. The fourth-order valence-corrected chi connectivity index (χ4v) is 3.19. The van der Waals surface area contributed by atoms with E-state index in [-0.39, 0.29) is 0 Å². The minimum Gasteiger partial charge on any atom is -0.495 e. The van der Waals surface area contributed by atoms with Crippen molar-refractivity contribution in [3.63, 3.8) is 0 Å². The Kier molecular flexibility index (Phi) is 6.52. The van der Waals surface area contributed by atoms with Crippen molar-refractivity contribution in [3.05, 3.63) is 62.6 Å². The standard InChI is InChI=1S/C18H19BrClNO3/c1-11-15(20)9-14(17(23-3)16(11)19)12(2)24-18(22)21-10-13-7-5-4-6-8-13/h4-9,12H,10H2,1-3H3,(H,21,22). The molecule has 2 aromatic rings. The van der Waals surface area contributed by atoms with Gasteiger partial charge in [0.1, 0.15) is 11.9 Å². The smallest absolute Gasteiger partial charge is 0.408 e. The van der Waals surface area contributed by atoms with Gasteiger partial charge in [-0.3, -0.25) is 0 Å². The van der Waals surface area contributed by atoms with E-state index >= 15 is 0 Å². The largest absolute Gasteiger partial charge is 0.495 e. The Bertz CT molecular complexity index is 722. The van der Waals surface area contributed by atoms with Crippen molar-refractivity contribution in [2.75, 3.05) is 7.11 Å². The summed E-state index contributed by atoms with van der Waals surface area (Å²) in [5, 5.41) is 3.31. The van der Waals surface area contributed by atoms with E-state index in [0.29, 0.717) is 22.9 Å². The van der Waals surface area contributed by atoms with Crippen LogP contribution in [-0.2, 0) is 11.3 Å². The quantitative estimate of drug-likeness (QED) is 0.714. The molecular weight excluding hydrogens is 394 g/mol. The number of halogens is 2. The van der Waals surface area contributed by atoms with Crippen LogP contribution in [0.2, 0.25) is 5.02 Å². The zero-order valence-corrected chi connectivity index (χ0v) is 16.1. The Morgan fingerprint density at radius 1 is 1.33 bits per heavy atom. The van der Waals surface area contributed by atoms with Gasteiger partial charge in [-0.15, -0.1) is 0 Å². The number of carbonyl (C=O) groups is 1. The molecule has 0 saturated heterocycles. The van der Waals surface area contributed by atoms with E-state index < -0.39 is 12.2 Å². The van der Waals surface area contributed by atoms with E-state index in [2.05, 4.69) is 21.2 Å². The normalized spacial score (nSPS) is 11.7. The highest BCUT2D eigenvalue weighted by Crippen LogP contribution is 2.40. The predicted octanol–water partition coefficient (Wildman–Crippen LogP) is 5.41. The maximum atomic E-state index is 12.0. The molecule has 0 bridgehead atoms. The first-order valence-corrected chi connectivity index (χ1v) is 8.62. The van der Waals surface area contributed by atoms with Gasteiger partial charge in [-0.2, -0.15) is 0 Å². The number of carbonyl (C=O) groups excluding carboxylic acids is 1. The van der Waals surface area contributed by atoms with Gasteiger partial charge in [-0.1, -0.05) is 41.9 Å². The summed E-state index contributed by atoms with van der Waals surface area (Å²) < 4.78 is 11.6. The number of alkyl carbamates (subject to hydrolysis) is 1. The van der Waals surface area contributed by atoms with Crippen molar-refractivity contribution in [2.24, 2.45) is 0 Å². The molecule has 0 radical (unpaired) electrons. The molecule has 24 heavy (non-hydrogen) atoms. The summed E-state index contributed by atoms with van der Waals surface area (Å²) in [6.45, 7) is 4.07. The molecule has 4 nitrogen and oxygen atoms in total. The van der Waals surface area contributed by atoms with Crippen molar-refractivity contribution < 1.29 is 14.3 Å². The van der Waals surface area contributed by atoms with Gasteiger partial charge in [0.25, 0.3) is 0 Å². The summed E-state index contributed by atoms with van der Waals surface area (Å²) in [7, 11) is 1.57. The third-order valence-electron chi connectivity index (χ3n) is 3.64. The fourth-order valence-electron chi connectivity index (χ4n) is 2.26. The van der Waals surface area contributed by atoms with Crippen molar-refractivity contribution in [2.45, 2.75) is 26.5 Å². The van der Waals surface area contributed by atoms with Crippen LogP contribution in [0.1, 0.15) is 29.7 Å². The number of rotatable bonds is 5. The van der Waals surface area contributed by atoms with Crippen LogP contribution in [-0.4, -0.2) is 13.2 Å². The van der Waals surface area contributed by atoms with E-state index in [4.69, 9.17) is 21.1 Å². The molecule has 0 saturated carbocycles. The number of hydrogen-bond donors (Lipinski definition) is 1. The highest BCUT2D eigenvalue weighted by Gasteiger charge is 2.21. The fraction of sp³-hybridized carbons (Fsp3) is 0.278. The molecule has 1 atom stereocenters. The molecule has 2 aromatic carbocycles. The SMILES string of the molecule is COc1c(C(C)OC(=O)NCc2ccccc2)cc(Cl)c(C)c1Br. The highest BCUT2D eigenvalue weighted by molar-refractivity contribution is 9.10. The maximum Gasteiger partial charge on any atom is 0.408 e. The van der Waals surface area contributed by atoms with Crippen molar-refractivity contribution in [1.29, 1.82) is 0 Å². The first-order valence-electron chi connectivity index (χ1n) is 7.45. The topological polar surface area (TPSA) is 47.6 Å². The summed E-state index contributed by atoms with van der Waals surface area (Å²) in [5.41, 5.74) is 2.58. The molecule has 0 aliphatic carbocycles. The van der Waals surface area contributed by atoms with E-state index in [0.717, 1.165) is 15.6 Å². The molecule has 0 spiro atoms. The average molecular weight is 413 g/mol. The monoisotopic (exact) mass is 411 g/mol. The second-order valence-corrected chi connectivity index (χ2v) is 6.51. The molecule has 1 unspecified atom stereocenters. The van der Waals surface area contributed by atoms with Crippen molar-refractivity contribution in [3.8, 4) is 5.75 Å². The minimum atomic E-state index is -0.509. The molecule has 128 valence electrons. The third kappa shape index (κ3) is 4.42.